The van der Waals surface area contributed by atoms with Gasteiger partial charge >= 0.3 is 0 Å². The van der Waals surface area contributed by atoms with E-state index < -0.39 is 10.0 Å². The zero-order valence-electron chi connectivity index (χ0n) is 12.8. The lowest BCUT2D eigenvalue weighted by molar-refractivity contribution is 0.265. The van der Waals surface area contributed by atoms with E-state index in [0.717, 1.165) is 17.5 Å². The van der Waals surface area contributed by atoms with Gasteiger partial charge in [0.1, 0.15) is 18.0 Å². The van der Waals surface area contributed by atoms with Crippen molar-refractivity contribution in [3.63, 3.8) is 0 Å². The van der Waals surface area contributed by atoms with Gasteiger partial charge in [0.15, 0.2) is 0 Å². The van der Waals surface area contributed by atoms with Gasteiger partial charge in [-0.3, -0.25) is 4.99 Å². The van der Waals surface area contributed by atoms with Crippen LogP contribution < -0.4 is 9.88 Å². The first kappa shape index (κ1) is 15.1. The average molecular weight is 340 g/mol. The number of aliphatic imine (C=N–C) groups is 1. The number of sulfonamides is 1. The van der Waals surface area contributed by atoms with Gasteiger partial charge < -0.3 is 4.74 Å². The molecule has 2 aromatic carbocycles. The SMILES string of the molecule is NS(=O)(=O)c1ccc2c(c1)N=CC1(CC=Cc3ccccc31)CO2. The molecule has 0 saturated heterocycles. The molecule has 1 aliphatic heterocycles. The summed E-state index contributed by atoms with van der Waals surface area (Å²) >= 11 is 0. The molecule has 1 aliphatic carbocycles. The van der Waals surface area contributed by atoms with Crippen LogP contribution in [-0.4, -0.2) is 21.2 Å². The summed E-state index contributed by atoms with van der Waals surface area (Å²) < 4.78 is 29.1. The van der Waals surface area contributed by atoms with Crippen LogP contribution in [0.15, 0.2) is 58.4 Å². The molecule has 24 heavy (non-hydrogen) atoms. The maximum atomic E-state index is 11.5. The Labute approximate surface area is 140 Å². The molecular weight excluding hydrogens is 324 g/mol. The molecule has 2 aromatic rings. The van der Waals surface area contributed by atoms with Gasteiger partial charge in [0.2, 0.25) is 10.0 Å². The maximum absolute atomic E-state index is 11.5. The van der Waals surface area contributed by atoms with Crippen molar-refractivity contribution in [3.8, 4) is 5.75 Å². The van der Waals surface area contributed by atoms with Gasteiger partial charge in [0.05, 0.1) is 10.3 Å². The first-order chi connectivity index (χ1) is 11.5. The third-order valence-electron chi connectivity index (χ3n) is 4.47. The zero-order valence-corrected chi connectivity index (χ0v) is 13.7. The summed E-state index contributed by atoms with van der Waals surface area (Å²) in [6.07, 6.45) is 6.87. The number of hydrogen-bond acceptors (Lipinski definition) is 4. The topological polar surface area (TPSA) is 81.8 Å². The third-order valence-corrected chi connectivity index (χ3v) is 5.38. The molecule has 1 heterocycles. The second-order valence-electron chi connectivity index (χ2n) is 6.07. The van der Waals surface area contributed by atoms with E-state index in [1.807, 2.05) is 18.3 Å². The molecular formula is C18H16N2O3S. The van der Waals surface area contributed by atoms with Crippen LogP contribution in [0, 0.1) is 0 Å². The van der Waals surface area contributed by atoms with Crippen molar-refractivity contribution in [1.29, 1.82) is 0 Å². The molecule has 1 spiro atoms. The molecule has 4 rings (SSSR count). The summed E-state index contributed by atoms with van der Waals surface area (Å²) in [7, 11) is -3.77. The van der Waals surface area contributed by atoms with Crippen LogP contribution in [0.1, 0.15) is 17.5 Å². The Balaban J connectivity index is 1.80. The summed E-state index contributed by atoms with van der Waals surface area (Å²) in [6, 6.07) is 12.7. The van der Waals surface area contributed by atoms with Crippen molar-refractivity contribution in [1.82, 2.24) is 0 Å². The van der Waals surface area contributed by atoms with Gasteiger partial charge in [0.25, 0.3) is 0 Å². The second kappa shape index (κ2) is 5.29. The van der Waals surface area contributed by atoms with E-state index in [0.29, 0.717) is 18.0 Å². The lowest BCUT2D eigenvalue weighted by Crippen LogP contribution is -2.36. The van der Waals surface area contributed by atoms with E-state index in [1.165, 1.54) is 12.1 Å². The van der Waals surface area contributed by atoms with E-state index >= 15 is 0 Å². The van der Waals surface area contributed by atoms with Crippen molar-refractivity contribution in [3.05, 3.63) is 59.7 Å². The van der Waals surface area contributed by atoms with Crippen molar-refractivity contribution in [2.45, 2.75) is 16.7 Å². The fourth-order valence-corrected chi connectivity index (χ4v) is 3.73. The normalized spacial score (nSPS) is 21.7. The Morgan fingerprint density at radius 1 is 1.17 bits per heavy atom. The minimum absolute atomic E-state index is 0.0295. The Morgan fingerprint density at radius 2 is 2.00 bits per heavy atom. The van der Waals surface area contributed by atoms with E-state index in [4.69, 9.17) is 9.88 Å². The van der Waals surface area contributed by atoms with Gasteiger partial charge in [-0.1, -0.05) is 36.4 Å². The number of fused-ring (bicyclic) bond motifs is 3. The summed E-state index contributed by atoms with van der Waals surface area (Å²) in [5.41, 5.74) is 2.43. The number of hydrogen-bond donors (Lipinski definition) is 1. The van der Waals surface area contributed by atoms with E-state index in [-0.39, 0.29) is 10.3 Å². The van der Waals surface area contributed by atoms with Gasteiger partial charge in [-0.2, -0.15) is 0 Å². The second-order valence-corrected chi connectivity index (χ2v) is 7.63. The van der Waals surface area contributed by atoms with Gasteiger partial charge in [0, 0.05) is 6.21 Å². The monoisotopic (exact) mass is 340 g/mol. The van der Waals surface area contributed by atoms with Crippen LogP contribution >= 0.6 is 0 Å². The Bertz CT molecular complexity index is 980. The molecule has 1 atom stereocenters. The highest BCUT2D eigenvalue weighted by Gasteiger charge is 2.35. The molecule has 0 aromatic heterocycles. The Morgan fingerprint density at radius 3 is 2.83 bits per heavy atom. The minimum Gasteiger partial charge on any atom is -0.490 e. The first-order valence-corrected chi connectivity index (χ1v) is 9.14. The molecule has 2 aliphatic rings. The molecule has 2 N–H and O–H groups in total. The predicted molar refractivity (Wildman–Crippen MR) is 93.2 cm³/mol. The fourth-order valence-electron chi connectivity index (χ4n) is 3.19. The van der Waals surface area contributed by atoms with Crippen molar-refractivity contribution in [2.24, 2.45) is 10.1 Å². The summed E-state index contributed by atoms with van der Waals surface area (Å²) in [6.45, 7) is 0.444. The largest absolute Gasteiger partial charge is 0.490 e. The number of allylic oxidation sites excluding steroid dienone is 1. The smallest absolute Gasteiger partial charge is 0.238 e. The number of ether oxygens (including phenoxy) is 1. The molecule has 5 nitrogen and oxygen atoms in total. The highest BCUT2D eigenvalue weighted by Crippen LogP contribution is 2.40. The number of rotatable bonds is 1. The number of benzene rings is 2. The molecule has 122 valence electrons. The Kier molecular flexibility index (Phi) is 3.33. The van der Waals surface area contributed by atoms with Crippen LogP contribution in [0.5, 0.6) is 5.75 Å². The van der Waals surface area contributed by atoms with Crippen LogP contribution in [-0.2, 0) is 15.4 Å². The highest BCUT2D eigenvalue weighted by molar-refractivity contribution is 7.89. The summed E-state index contributed by atoms with van der Waals surface area (Å²) in [4.78, 5) is 4.56. The zero-order chi connectivity index (χ0) is 16.8. The molecule has 1 unspecified atom stereocenters. The van der Waals surface area contributed by atoms with Gasteiger partial charge in [-0.25, -0.2) is 13.6 Å². The maximum Gasteiger partial charge on any atom is 0.238 e. The van der Waals surface area contributed by atoms with Crippen LogP contribution in [0.3, 0.4) is 0 Å². The quantitative estimate of drug-likeness (QED) is 0.866. The molecule has 0 saturated carbocycles. The van der Waals surface area contributed by atoms with Crippen molar-refractivity contribution >= 4 is 28.0 Å². The first-order valence-electron chi connectivity index (χ1n) is 7.59. The highest BCUT2D eigenvalue weighted by atomic mass is 32.2. The Hall–Kier alpha value is -2.44. The lowest BCUT2D eigenvalue weighted by atomic mass is 9.74. The predicted octanol–water partition coefficient (Wildman–Crippen LogP) is 2.78. The third kappa shape index (κ3) is 2.44. The van der Waals surface area contributed by atoms with Crippen LogP contribution in [0.4, 0.5) is 5.69 Å². The van der Waals surface area contributed by atoms with Gasteiger partial charge in [-0.05, 0) is 35.7 Å². The average Bonchev–Trinajstić information content (AvgIpc) is 2.75. The number of primary sulfonamides is 1. The minimum atomic E-state index is -3.77. The van der Waals surface area contributed by atoms with E-state index in [2.05, 4.69) is 29.3 Å². The fraction of sp³-hybridized carbons (Fsp3) is 0.167. The van der Waals surface area contributed by atoms with Crippen molar-refractivity contribution < 1.29 is 13.2 Å². The summed E-state index contributed by atoms with van der Waals surface area (Å²) in [5, 5.41) is 5.20. The van der Waals surface area contributed by atoms with E-state index in [1.54, 1.807) is 6.07 Å². The summed E-state index contributed by atoms with van der Waals surface area (Å²) in [5.74, 6) is 0.558. The van der Waals surface area contributed by atoms with Gasteiger partial charge in [-0.15, -0.1) is 0 Å². The van der Waals surface area contributed by atoms with Crippen LogP contribution in [0.2, 0.25) is 0 Å². The van der Waals surface area contributed by atoms with Crippen molar-refractivity contribution in [2.75, 3.05) is 6.61 Å². The number of nitrogens with two attached hydrogens (primary N) is 1. The van der Waals surface area contributed by atoms with Crippen LogP contribution in [0.25, 0.3) is 6.08 Å². The lowest BCUT2D eigenvalue weighted by Gasteiger charge is -2.32. The molecule has 0 amide bonds. The molecule has 6 heteroatoms. The number of nitrogens with zero attached hydrogens (tertiary/aromatic N) is 1. The van der Waals surface area contributed by atoms with E-state index in [9.17, 15) is 8.42 Å². The standard InChI is InChI=1S/C18H16N2O3S/c19-24(21,22)14-7-8-17-16(10-14)20-11-18(12-23-17)9-3-5-13-4-1-2-6-15(13)18/h1-8,10-11H,9,12H2,(H2,19,21,22). The molecule has 0 fully saturated rings. The molecule has 0 radical (unpaired) electrons. The molecule has 0 bridgehead atoms.